The zero-order valence-corrected chi connectivity index (χ0v) is 18.1. The van der Waals surface area contributed by atoms with Crippen LogP contribution in [0, 0.1) is 6.92 Å². The summed E-state index contributed by atoms with van der Waals surface area (Å²) in [5.74, 6) is 0.308. The third-order valence-electron chi connectivity index (χ3n) is 5.54. The molecule has 1 saturated heterocycles. The van der Waals surface area contributed by atoms with Gasteiger partial charge >= 0.3 is 5.97 Å². The quantitative estimate of drug-likeness (QED) is 0.576. The molecule has 0 radical (unpaired) electrons. The van der Waals surface area contributed by atoms with Crippen molar-refractivity contribution in [1.29, 1.82) is 0 Å². The van der Waals surface area contributed by atoms with Crippen LogP contribution >= 0.6 is 23.2 Å². The highest BCUT2D eigenvalue weighted by Gasteiger charge is 2.37. The Labute approximate surface area is 185 Å². The summed E-state index contributed by atoms with van der Waals surface area (Å²) >= 11 is 12.4. The minimum absolute atomic E-state index is 0.0512. The van der Waals surface area contributed by atoms with E-state index in [1.807, 2.05) is 31.2 Å². The van der Waals surface area contributed by atoms with Crippen LogP contribution in [0.25, 0.3) is 5.57 Å². The number of rotatable bonds is 7. The molecular formula is C23H23Cl2NO4. The molecule has 7 heteroatoms. The summed E-state index contributed by atoms with van der Waals surface area (Å²) < 4.78 is 11.4. The Morgan fingerprint density at radius 1 is 1.10 bits per heavy atom. The van der Waals surface area contributed by atoms with Crippen molar-refractivity contribution in [1.82, 2.24) is 5.32 Å². The van der Waals surface area contributed by atoms with Crippen LogP contribution in [0.1, 0.15) is 30.4 Å². The number of hydrogen-bond donors (Lipinski definition) is 2. The molecule has 0 aromatic heterocycles. The van der Waals surface area contributed by atoms with E-state index in [4.69, 9.17) is 32.7 Å². The molecule has 0 unspecified atom stereocenters. The molecule has 0 aliphatic carbocycles. The highest BCUT2D eigenvalue weighted by molar-refractivity contribution is 6.37. The maximum Gasteiger partial charge on any atom is 0.333 e. The van der Waals surface area contributed by atoms with Gasteiger partial charge in [0, 0.05) is 12.1 Å². The predicted molar refractivity (Wildman–Crippen MR) is 118 cm³/mol. The molecule has 2 heterocycles. The SMILES string of the molecule is Cc1cc(Cl)c(OCCOc2ccc(C3=C(C(=O)O)[C@H]4CC[C@@H](C3)N4)cc2)c(Cl)c1. The summed E-state index contributed by atoms with van der Waals surface area (Å²) in [6, 6.07) is 11.5. The second-order valence-corrected chi connectivity index (χ2v) is 8.49. The molecule has 2 aliphatic heterocycles. The molecule has 2 atom stereocenters. The summed E-state index contributed by atoms with van der Waals surface area (Å²) in [5.41, 5.74) is 3.33. The number of carbonyl (C=O) groups is 1. The van der Waals surface area contributed by atoms with Gasteiger partial charge in [0.1, 0.15) is 19.0 Å². The summed E-state index contributed by atoms with van der Waals surface area (Å²) in [7, 11) is 0. The average Bonchev–Trinajstić information content (AvgIpc) is 3.07. The normalized spacial score (nSPS) is 20.4. The third kappa shape index (κ3) is 4.43. The minimum atomic E-state index is -0.839. The summed E-state index contributed by atoms with van der Waals surface area (Å²) in [6.45, 7) is 2.54. The maximum absolute atomic E-state index is 11.8. The third-order valence-corrected chi connectivity index (χ3v) is 6.10. The van der Waals surface area contributed by atoms with E-state index in [2.05, 4.69) is 5.32 Å². The van der Waals surface area contributed by atoms with Crippen LogP contribution < -0.4 is 14.8 Å². The van der Waals surface area contributed by atoms with Gasteiger partial charge in [0.05, 0.1) is 15.6 Å². The number of benzene rings is 2. The average molecular weight is 448 g/mol. The zero-order valence-electron chi connectivity index (χ0n) is 16.6. The van der Waals surface area contributed by atoms with Gasteiger partial charge in [-0.05, 0) is 67.2 Å². The zero-order chi connectivity index (χ0) is 21.3. The van der Waals surface area contributed by atoms with Gasteiger partial charge in [-0.3, -0.25) is 0 Å². The number of halogens is 2. The van der Waals surface area contributed by atoms with E-state index in [1.54, 1.807) is 12.1 Å². The van der Waals surface area contributed by atoms with E-state index >= 15 is 0 Å². The molecule has 2 aromatic rings. The van der Waals surface area contributed by atoms with E-state index in [0.29, 0.717) is 46.4 Å². The van der Waals surface area contributed by atoms with Crippen molar-refractivity contribution < 1.29 is 19.4 Å². The standard InChI is InChI=1S/C23H23Cl2NO4/c1-13-10-18(24)22(19(25)11-13)30-9-8-29-16-5-2-14(3-6-16)17-12-15-4-7-20(26-15)21(17)23(27)28/h2-3,5-6,10-11,15,20,26H,4,7-9,12H2,1H3,(H,27,28)/t15-,20+/m0/s1. The number of hydrogen-bond acceptors (Lipinski definition) is 4. The Bertz CT molecular complexity index is 964. The van der Waals surface area contributed by atoms with Gasteiger partial charge in [0.15, 0.2) is 5.75 Å². The number of carboxylic acids is 1. The Hall–Kier alpha value is -2.21. The Morgan fingerprint density at radius 2 is 1.77 bits per heavy atom. The van der Waals surface area contributed by atoms with Crippen LogP contribution in [0.4, 0.5) is 0 Å². The van der Waals surface area contributed by atoms with Crippen LogP contribution in [-0.2, 0) is 4.79 Å². The Morgan fingerprint density at radius 3 is 2.43 bits per heavy atom. The molecule has 5 nitrogen and oxygen atoms in total. The lowest BCUT2D eigenvalue weighted by Crippen LogP contribution is -2.38. The van der Waals surface area contributed by atoms with Gasteiger partial charge < -0.3 is 19.9 Å². The topological polar surface area (TPSA) is 67.8 Å². The van der Waals surface area contributed by atoms with Crippen molar-refractivity contribution in [2.45, 2.75) is 38.3 Å². The largest absolute Gasteiger partial charge is 0.490 e. The van der Waals surface area contributed by atoms with Crippen molar-refractivity contribution in [3.8, 4) is 11.5 Å². The Balaban J connectivity index is 1.38. The molecule has 158 valence electrons. The van der Waals surface area contributed by atoms with Crippen molar-refractivity contribution >= 4 is 34.7 Å². The molecular weight excluding hydrogens is 425 g/mol. The summed E-state index contributed by atoms with van der Waals surface area (Å²) in [5, 5.41) is 14.0. The van der Waals surface area contributed by atoms with Crippen LogP contribution in [0.3, 0.4) is 0 Å². The van der Waals surface area contributed by atoms with Gasteiger partial charge in [-0.15, -0.1) is 0 Å². The molecule has 30 heavy (non-hydrogen) atoms. The van der Waals surface area contributed by atoms with Crippen LogP contribution in [-0.4, -0.2) is 36.4 Å². The molecule has 2 aromatic carbocycles. The number of carboxylic acid groups (broad SMARTS) is 1. The number of fused-ring (bicyclic) bond motifs is 2. The second-order valence-electron chi connectivity index (χ2n) is 7.67. The van der Waals surface area contributed by atoms with Crippen LogP contribution in [0.5, 0.6) is 11.5 Å². The van der Waals surface area contributed by atoms with Crippen molar-refractivity contribution in [2.24, 2.45) is 0 Å². The lowest BCUT2D eigenvalue weighted by molar-refractivity contribution is -0.133. The maximum atomic E-state index is 11.8. The molecule has 0 amide bonds. The number of aliphatic carboxylic acids is 1. The fraction of sp³-hybridized carbons (Fsp3) is 0.348. The smallest absolute Gasteiger partial charge is 0.333 e. The highest BCUT2D eigenvalue weighted by atomic mass is 35.5. The predicted octanol–water partition coefficient (Wildman–Crippen LogP) is 5.12. The highest BCUT2D eigenvalue weighted by Crippen LogP contribution is 2.37. The molecule has 2 aliphatic rings. The molecule has 4 rings (SSSR count). The minimum Gasteiger partial charge on any atom is -0.490 e. The fourth-order valence-corrected chi connectivity index (χ4v) is 4.91. The molecule has 1 fully saturated rings. The van der Waals surface area contributed by atoms with Crippen LogP contribution in [0.15, 0.2) is 42.0 Å². The van der Waals surface area contributed by atoms with Gasteiger partial charge in [0.2, 0.25) is 0 Å². The first-order valence-corrected chi connectivity index (χ1v) is 10.7. The fourth-order valence-electron chi connectivity index (χ4n) is 4.21. The molecule has 2 N–H and O–H groups in total. The monoisotopic (exact) mass is 447 g/mol. The molecule has 0 saturated carbocycles. The number of ether oxygens (including phenoxy) is 2. The summed E-state index contributed by atoms with van der Waals surface area (Å²) in [6.07, 6.45) is 2.64. The molecule has 0 spiro atoms. The van der Waals surface area contributed by atoms with Gasteiger partial charge in [-0.2, -0.15) is 0 Å². The van der Waals surface area contributed by atoms with Crippen molar-refractivity contribution in [2.75, 3.05) is 13.2 Å². The van der Waals surface area contributed by atoms with E-state index in [9.17, 15) is 9.90 Å². The van der Waals surface area contributed by atoms with E-state index in [1.165, 1.54) is 0 Å². The lowest BCUT2D eigenvalue weighted by Gasteiger charge is -2.26. The molecule has 2 bridgehead atoms. The van der Waals surface area contributed by atoms with Gasteiger partial charge in [-0.1, -0.05) is 35.3 Å². The lowest BCUT2D eigenvalue weighted by atomic mass is 9.90. The number of aryl methyl sites for hydroxylation is 1. The van der Waals surface area contributed by atoms with Crippen molar-refractivity contribution in [3.63, 3.8) is 0 Å². The first kappa shape index (κ1) is 21.0. The number of nitrogens with one attached hydrogen (secondary N) is 1. The Kier molecular flexibility index (Phi) is 6.23. The first-order chi connectivity index (χ1) is 14.4. The first-order valence-electron chi connectivity index (χ1n) is 9.96. The second kappa shape index (κ2) is 8.88. The van der Waals surface area contributed by atoms with Crippen molar-refractivity contribution in [3.05, 3.63) is 63.1 Å². The van der Waals surface area contributed by atoms with E-state index in [0.717, 1.165) is 36.0 Å². The summed E-state index contributed by atoms with van der Waals surface area (Å²) in [4.78, 5) is 11.8. The van der Waals surface area contributed by atoms with Gasteiger partial charge in [-0.25, -0.2) is 4.79 Å². The van der Waals surface area contributed by atoms with E-state index in [-0.39, 0.29) is 6.04 Å². The van der Waals surface area contributed by atoms with Gasteiger partial charge in [0.25, 0.3) is 0 Å². The van der Waals surface area contributed by atoms with Crippen LogP contribution in [0.2, 0.25) is 10.0 Å². The van der Waals surface area contributed by atoms with E-state index < -0.39 is 5.97 Å².